The molecule has 2 aliphatic carbocycles. The number of allylic oxidation sites excluding steroid dienone is 2. The average molecular weight is 266 g/mol. The monoisotopic (exact) mass is 266 g/mol. The highest BCUT2D eigenvalue weighted by Gasteiger charge is 2.60. The summed E-state index contributed by atoms with van der Waals surface area (Å²) in [5, 5.41) is 19.8. The van der Waals surface area contributed by atoms with Gasteiger partial charge in [-0.05, 0) is 51.9 Å². The van der Waals surface area contributed by atoms with Gasteiger partial charge in [0.1, 0.15) is 0 Å². The zero-order chi connectivity index (χ0) is 13.8. The van der Waals surface area contributed by atoms with Gasteiger partial charge >= 0.3 is 5.97 Å². The SMILES string of the molecule is CC(C)=C1CCC23CO[C@H](C2)[C@@](O)(C(=O)O)CC[C@@H]13. The van der Waals surface area contributed by atoms with Crippen LogP contribution < -0.4 is 0 Å². The van der Waals surface area contributed by atoms with Gasteiger partial charge in [0.05, 0.1) is 12.7 Å². The van der Waals surface area contributed by atoms with Gasteiger partial charge in [0.2, 0.25) is 0 Å². The fourth-order valence-electron chi connectivity index (χ4n) is 4.43. The number of carboxylic acid groups (broad SMARTS) is 1. The Hall–Kier alpha value is -0.870. The molecule has 2 saturated carbocycles. The Balaban J connectivity index is 1.99. The van der Waals surface area contributed by atoms with Crippen molar-refractivity contribution >= 4 is 5.97 Å². The highest BCUT2D eigenvalue weighted by Crippen LogP contribution is 2.59. The summed E-state index contributed by atoms with van der Waals surface area (Å²) in [5.41, 5.74) is 1.21. The second-order valence-electron chi connectivity index (χ2n) is 6.71. The molecule has 2 N–H and O–H groups in total. The zero-order valence-electron chi connectivity index (χ0n) is 11.6. The fourth-order valence-corrected chi connectivity index (χ4v) is 4.43. The maximum absolute atomic E-state index is 11.4. The molecule has 4 atom stereocenters. The highest BCUT2D eigenvalue weighted by molar-refractivity contribution is 5.78. The maximum atomic E-state index is 11.4. The first kappa shape index (κ1) is 13.1. The van der Waals surface area contributed by atoms with Crippen molar-refractivity contribution in [2.75, 3.05) is 6.61 Å². The Morgan fingerprint density at radius 3 is 2.74 bits per heavy atom. The topological polar surface area (TPSA) is 66.8 Å². The molecule has 0 amide bonds. The molecule has 0 radical (unpaired) electrons. The normalized spacial score (nSPS) is 44.9. The lowest BCUT2D eigenvalue weighted by atomic mass is 9.74. The average Bonchev–Trinajstić information content (AvgIpc) is 2.89. The van der Waals surface area contributed by atoms with E-state index in [-0.39, 0.29) is 5.41 Å². The molecule has 1 spiro atoms. The number of hydrogen-bond donors (Lipinski definition) is 2. The number of carbonyl (C=O) groups is 1. The maximum Gasteiger partial charge on any atom is 0.338 e. The molecule has 4 nitrogen and oxygen atoms in total. The van der Waals surface area contributed by atoms with Gasteiger partial charge in [-0.2, -0.15) is 0 Å². The van der Waals surface area contributed by atoms with Crippen molar-refractivity contribution < 1.29 is 19.7 Å². The first-order chi connectivity index (χ1) is 8.89. The Labute approximate surface area is 113 Å². The third-order valence-corrected chi connectivity index (χ3v) is 5.58. The van der Waals surface area contributed by atoms with E-state index >= 15 is 0 Å². The van der Waals surface area contributed by atoms with E-state index in [1.165, 1.54) is 11.1 Å². The third kappa shape index (κ3) is 1.69. The number of aliphatic hydroxyl groups is 1. The third-order valence-electron chi connectivity index (χ3n) is 5.58. The minimum atomic E-state index is -1.69. The van der Waals surface area contributed by atoms with Gasteiger partial charge in [0, 0.05) is 5.41 Å². The van der Waals surface area contributed by atoms with E-state index in [1.807, 2.05) is 0 Å². The first-order valence-electron chi connectivity index (χ1n) is 7.13. The summed E-state index contributed by atoms with van der Waals surface area (Å²) in [5.74, 6) is -0.732. The van der Waals surface area contributed by atoms with Crippen LogP contribution in [0.2, 0.25) is 0 Å². The van der Waals surface area contributed by atoms with Crippen LogP contribution in [0, 0.1) is 11.3 Å². The Bertz CT molecular complexity index is 451. The lowest BCUT2D eigenvalue weighted by molar-refractivity contribution is -0.174. The first-order valence-corrected chi connectivity index (χ1v) is 7.13. The molecule has 106 valence electrons. The van der Waals surface area contributed by atoms with Crippen LogP contribution in [0.1, 0.15) is 46.0 Å². The van der Waals surface area contributed by atoms with Crippen LogP contribution in [-0.2, 0) is 9.53 Å². The Morgan fingerprint density at radius 2 is 2.11 bits per heavy atom. The van der Waals surface area contributed by atoms with Gasteiger partial charge in [-0.3, -0.25) is 0 Å². The van der Waals surface area contributed by atoms with Crippen LogP contribution in [0.4, 0.5) is 0 Å². The van der Waals surface area contributed by atoms with Crippen molar-refractivity contribution in [3.8, 4) is 0 Å². The van der Waals surface area contributed by atoms with E-state index in [0.717, 1.165) is 19.3 Å². The summed E-state index contributed by atoms with van der Waals surface area (Å²) < 4.78 is 5.71. The van der Waals surface area contributed by atoms with Gasteiger partial charge < -0.3 is 14.9 Å². The standard InChI is InChI=1S/C15H22O4/c1-9(2)10-3-5-14-7-12(19-8-14)15(18,13(16)17)6-4-11(10)14/h11-12,18H,3-8H2,1-2H3,(H,16,17)/t11-,12+,14?,15+/m0/s1. The molecule has 3 aliphatic rings. The van der Waals surface area contributed by atoms with E-state index in [2.05, 4.69) is 13.8 Å². The highest BCUT2D eigenvalue weighted by atomic mass is 16.5. The molecule has 19 heavy (non-hydrogen) atoms. The van der Waals surface area contributed by atoms with Crippen LogP contribution in [0.5, 0.6) is 0 Å². The molecule has 0 aromatic heterocycles. The molecule has 4 heteroatoms. The lowest BCUT2D eigenvalue weighted by Gasteiger charge is -2.31. The van der Waals surface area contributed by atoms with Crippen molar-refractivity contribution in [1.82, 2.24) is 0 Å². The number of fused-ring (bicyclic) bond motifs is 1. The summed E-state index contributed by atoms with van der Waals surface area (Å²) in [6.45, 7) is 4.88. The predicted octanol–water partition coefficient (Wildman–Crippen LogP) is 2.12. The van der Waals surface area contributed by atoms with E-state index in [0.29, 0.717) is 25.4 Å². The predicted molar refractivity (Wildman–Crippen MR) is 69.7 cm³/mol. The molecule has 1 heterocycles. The van der Waals surface area contributed by atoms with Crippen molar-refractivity contribution in [3.05, 3.63) is 11.1 Å². The largest absolute Gasteiger partial charge is 0.479 e. The van der Waals surface area contributed by atoms with Gasteiger partial charge in [-0.1, -0.05) is 11.1 Å². The number of rotatable bonds is 1. The second kappa shape index (κ2) is 4.06. The Kier molecular flexibility index (Phi) is 2.81. The molecule has 3 rings (SSSR count). The van der Waals surface area contributed by atoms with Gasteiger partial charge in [0.15, 0.2) is 5.60 Å². The number of ether oxygens (including phenoxy) is 1. The quantitative estimate of drug-likeness (QED) is 0.713. The van der Waals surface area contributed by atoms with Gasteiger partial charge in [0.25, 0.3) is 0 Å². The van der Waals surface area contributed by atoms with E-state index in [9.17, 15) is 15.0 Å². The van der Waals surface area contributed by atoms with Crippen LogP contribution in [0.25, 0.3) is 0 Å². The summed E-state index contributed by atoms with van der Waals surface area (Å²) in [6.07, 6.45) is 3.40. The van der Waals surface area contributed by atoms with Crippen molar-refractivity contribution in [1.29, 1.82) is 0 Å². The summed E-state index contributed by atoms with van der Waals surface area (Å²) >= 11 is 0. The molecule has 3 fully saturated rings. The van der Waals surface area contributed by atoms with Crippen molar-refractivity contribution in [3.63, 3.8) is 0 Å². The molecule has 0 aromatic carbocycles. The number of hydrogen-bond acceptors (Lipinski definition) is 3. The fraction of sp³-hybridized carbons (Fsp3) is 0.800. The molecule has 2 bridgehead atoms. The molecular weight excluding hydrogens is 244 g/mol. The van der Waals surface area contributed by atoms with Crippen LogP contribution in [-0.4, -0.2) is 34.5 Å². The van der Waals surface area contributed by atoms with Gasteiger partial charge in [-0.15, -0.1) is 0 Å². The van der Waals surface area contributed by atoms with E-state index < -0.39 is 17.7 Å². The summed E-state index contributed by atoms with van der Waals surface area (Å²) in [4.78, 5) is 11.4. The lowest BCUT2D eigenvalue weighted by Crippen LogP contribution is -2.49. The van der Waals surface area contributed by atoms with Crippen molar-refractivity contribution in [2.24, 2.45) is 11.3 Å². The number of aliphatic carboxylic acids is 1. The van der Waals surface area contributed by atoms with Gasteiger partial charge in [-0.25, -0.2) is 4.79 Å². The number of carboxylic acids is 1. The van der Waals surface area contributed by atoms with Crippen LogP contribution in [0.15, 0.2) is 11.1 Å². The zero-order valence-corrected chi connectivity index (χ0v) is 11.6. The Morgan fingerprint density at radius 1 is 1.37 bits per heavy atom. The minimum Gasteiger partial charge on any atom is -0.479 e. The van der Waals surface area contributed by atoms with Crippen molar-refractivity contribution in [2.45, 2.75) is 57.7 Å². The van der Waals surface area contributed by atoms with E-state index in [4.69, 9.17) is 4.74 Å². The minimum absolute atomic E-state index is 0.0806. The molecule has 0 aromatic rings. The molecule has 1 unspecified atom stereocenters. The molecule has 1 saturated heterocycles. The smallest absolute Gasteiger partial charge is 0.338 e. The molecule has 1 aliphatic heterocycles. The molecular formula is C15H22O4. The summed E-state index contributed by atoms with van der Waals surface area (Å²) in [6, 6.07) is 0. The van der Waals surface area contributed by atoms with Crippen LogP contribution in [0.3, 0.4) is 0 Å². The summed E-state index contributed by atoms with van der Waals surface area (Å²) in [7, 11) is 0. The second-order valence-corrected chi connectivity index (χ2v) is 6.71. The van der Waals surface area contributed by atoms with E-state index in [1.54, 1.807) is 0 Å². The van der Waals surface area contributed by atoms with Crippen LogP contribution >= 0.6 is 0 Å².